The van der Waals surface area contributed by atoms with Gasteiger partial charge in [-0.05, 0) is 58.0 Å². The van der Waals surface area contributed by atoms with E-state index in [1.807, 2.05) is 0 Å². The summed E-state index contributed by atoms with van der Waals surface area (Å²) in [6.45, 7) is 4.63. The fourth-order valence-corrected chi connectivity index (χ4v) is 7.47. The van der Waals surface area contributed by atoms with Gasteiger partial charge >= 0.3 is 0 Å². The molecule has 7 aromatic carbocycles. The first-order valence-electron chi connectivity index (χ1n) is 15.6. The minimum absolute atomic E-state index is 0.0630. The second kappa shape index (κ2) is 9.70. The normalized spacial score (nSPS) is 13.3. The van der Waals surface area contributed by atoms with Gasteiger partial charge in [-0.2, -0.15) is 0 Å². The van der Waals surface area contributed by atoms with Crippen molar-refractivity contribution in [2.75, 3.05) is 4.90 Å². The van der Waals surface area contributed by atoms with E-state index in [1.54, 1.807) is 0 Å². The minimum Gasteiger partial charge on any atom is -0.455 e. The van der Waals surface area contributed by atoms with Crippen molar-refractivity contribution in [1.82, 2.24) is 0 Å². The van der Waals surface area contributed by atoms with Gasteiger partial charge in [0.1, 0.15) is 11.2 Å². The van der Waals surface area contributed by atoms with E-state index < -0.39 is 0 Å². The van der Waals surface area contributed by atoms with Crippen LogP contribution in [-0.4, -0.2) is 0 Å². The average molecular weight is 578 g/mol. The summed E-state index contributed by atoms with van der Waals surface area (Å²) in [5.41, 5.74) is 12.7. The van der Waals surface area contributed by atoms with E-state index in [4.69, 9.17) is 4.42 Å². The van der Waals surface area contributed by atoms with Crippen LogP contribution in [0.5, 0.6) is 0 Å². The van der Waals surface area contributed by atoms with E-state index in [0.717, 1.165) is 44.7 Å². The van der Waals surface area contributed by atoms with E-state index in [1.165, 1.54) is 38.4 Å². The van der Waals surface area contributed by atoms with Gasteiger partial charge in [0, 0.05) is 44.1 Å². The van der Waals surface area contributed by atoms with Crippen molar-refractivity contribution < 1.29 is 4.42 Å². The van der Waals surface area contributed by atoms with E-state index >= 15 is 0 Å². The maximum Gasteiger partial charge on any atom is 0.143 e. The maximum absolute atomic E-state index is 6.89. The Labute approximate surface area is 262 Å². The predicted molar refractivity (Wildman–Crippen MR) is 189 cm³/mol. The predicted octanol–water partition coefficient (Wildman–Crippen LogP) is 12.2. The van der Waals surface area contributed by atoms with Crippen molar-refractivity contribution >= 4 is 49.8 Å². The molecule has 1 heterocycles. The molecule has 2 nitrogen and oxygen atoms in total. The highest BCUT2D eigenvalue weighted by atomic mass is 16.3. The molecular weight excluding hydrogens is 546 g/mol. The molecule has 0 N–H and O–H groups in total. The monoisotopic (exact) mass is 577 g/mol. The zero-order valence-corrected chi connectivity index (χ0v) is 25.3. The summed E-state index contributed by atoms with van der Waals surface area (Å²) < 4.78 is 6.89. The molecule has 1 aliphatic rings. The standard InChI is InChI=1S/C43H31NO/c1-43(2)37-20-9-8-17-36(37)40-38(43)27-26-35-34-19-11-18-33(41(34)45-42(35)40)29-22-24-31(25-23-29)44(30-14-4-3-5-15-30)39-21-10-13-28-12-6-7-16-32(28)39/h3-27H,1-2H3. The first-order valence-corrected chi connectivity index (χ1v) is 15.6. The van der Waals surface area contributed by atoms with Crippen molar-refractivity contribution in [2.24, 2.45) is 0 Å². The Hall–Kier alpha value is -5.60. The van der Waals surface area contributed by atoms with E-state index in [9.17, 15) is 0 Å². The van der Waals surface area contributed by atoms with E-state index in [-0.39, 0.29) is 5.41 Å². The number of nitrogens with zero attached hydrogens (tertiary/aromatic N) is 1. The molecule has 0 amide bonds. The van der Waals surface area contributed by atoms with Crippen LogP contribution >= 0.6 is 0 Å². The van der Waals surface area contributed by atoms with Gasteiger partial charge in [0.25, 0.3) is 0 Å². The minimum atomic E-state index is -0.0630. The molecule has 8 aromatic rings. The van der Waals surface area contributed by atoms with Crippen LogP contribution in [0.1, 0.15) is 25.0 Å². The van der Waals surface area contributed by atoms with Crippen molar-refractivity contribution in [2.45, 2.75) is 19.3 Å². The quantitative estimate of drug-likeness (QED) is 0.207. The largest absolute Gasteiger partial charge is 0.455 e. The van der Waals surface area contributed by atoms with E-state index in [2.05, 4.69) is 170 Å². The third-order valence-corrected chi connectivity index (χ3v) is 9.67. The van der Waals surface area contributed by atoms with Gasteiger partial charge in [-0.3, -0.25) is 0 Å². The SMILES string of the molecule is CC1(C)c2ccccc2-c2c1ccc1c2oc2c(-c3ccc(N(c4ccccc4)c4cccc5ccccc45)cc3)cccc21. The molecular formula is C43H31NO. The summed E-state index contributed by atoms with van der Waals surface area (Å²) in [5, 5.41) is 4.76. The Morgan fingerprint density at radius 1 is 0.467 bits per heavy atom. The molecule has 2 heteroatoms. The molecule has 0 spiro atoms. The topological polar surface area (TPSA) is 16.4 Å². The second-order valence-electron chi connectivity index (χ2n) is 12.5. The van der Waals surface area contributed by atoms with Crippen LogP contribution in [-0.2, 0) is 5.41 Å². The van der Waals surface area contributed by atoms with Crippen molar-refractivity contribution in [3.8, 4) is 22.3 Å². The molecule has 0 saturated carbocycles. The Bertz CT molecular complexity index is 2390. The van der Waals surface area contributed by atoms with Crippen molar-refractivity contribution in [3.63, 3.8) is 0 Å². The van der Waals surface area contributed by atoms with Gasteiger partial charge in [-0.25, -0.2) is 0 Å². The van der Waals surface area contributed by atoms with Gasteiger partial charge in [0.05, 0.1) is 5.69 Å². The number of rotatable bonds is 4. The van der Waals surface area contributed by atoms with Crippen LogP contribution in [0.25, 0.3) is 55.0 Å². The molecule has 0 aliphatic heterocycles. The van der Waals surface area contributed by atoms with Crippen LogP contribution in [0.4, 0.5) is 17.1 Å². The fourth-order valence-electron chi connectivity index (χ4n) is 7.47. The molecule has 0 atom stereocenters. The van der Waals surface area contributed by atoms with E-state index in [0.29, 0.717) is 0 Å². The molecule has 1 aliphatic carbocycles. The molecule has 0 fully saturated rings. The number of hydrogen-bond donors (Lipinski definition) is 0. The lowest BCUT2D eigenvalue weighted by Gasteiger charge is -2.27. The Kier molecular flexibility index (Phi) is 5.58. The number of hydrogen-bond acceptors (Lipinski definition) is 2. The Morgan fingerprint density at radius 3 is 1.98 bits per heavy atom. The average Bonchev–Trinajstić information content (AvgIpc) is 3.58. The highest BCUT2D eigenvalue weighted by Gasteiger charge is 2.37. The van der Waals surface area contributed by atoms with Gasteiger partial charge in [-0.15, -0.1) is 0 Å². The molecule has 9 rings (SSSR count). The zero-order valence-electron chi connectivity index (χ0n) is 25.3. The summed E-state index contributed by atoms with van der Waals surface area (Å²) in [4.78, 5) is 2.34. The number of anilines is 3. The highest BCUT2D eigenvalue weighted by Crippen LogP contribution is 2.53. The zero-order chi connectivity index (χ0) is 30.1. The third-order valence-electron chi connectivity index (χ3n) is 9.67. The number of benzene rings is 7. The van der Waals surface area contributed by atoms with Gasteiger partial charge in [0.15, 0.2) is 0 Å². The number of furan rings is 1. The maximum atomic E-state index is 6.89. The molecule has 0 unspecified atom stereocenters. The summed E-state index contributed by atoms with van der Waals surface area (Å²) >= 11 is 0. The fraction of sp³-hybridized carbons (Fsp3) is 0.0698. The van der Waals surface area contributed by atoms with Crippen LogP contribution < -0.4 is 4.90 Å². The highest BCUT2D eigenvalue weighted by molar-refractivity contribution is 6.14. The number of para-hydroxylation sites is 2. The molecule has 0 saturated heterocycles. The van der Waals surface area contributed by atoms with Crippen LogP contribution in [0.3, 0.4) is 0 Å². The van der Waals surface area contributed by atoms with Crippen molar-refractivity contribution in [1.29, 1.82) is 0 Å². The summed E-state index contributed by atoms with van der Waals surface area (Å²) in [6, 6.07) is 54.5. The van der Waals surface area contributed by atoms with Gasteiger partial charge in [0.2, 0.25) is 0 Å². The van der Waals surface area contributed by atoms with Crippen LogP contribution in [0.15, 0.2) is 156 Å². The summed E-state index contributed by atoms with van der Waals surface area (Å²) in [6.07, 6.45) is 0. The van der Waals surface area contributed by atoms with Crippen LogP contribution in [0, 0.1) is 0 Å². The molecule has 0 radical (unpaired) electrons. The lowest BCUT2D eigenvalue weighted by atomic mass is 9.82. The molecule has 214 valence electrons. The Morgan fingerprint density at radius 2 is 1.11 bits per heavy atom. The molecule has 0 bridgehead atoms. The first-order chi connectivity index (χ1) is 22.1. The van der Waals surface area contributed by atoms with Crippen LogP contribution in [0.2, 0.25) is 0 Å². The molecule has 45 heavy (non-hydrogen) atoms. The Balaban J connectivity index is 1.19. The third kappa shape index (κ3) is 3.82. The van der Waals surface area contributed by atoms with Gasteiger partial charge < -0.3 is 9.32 Å². The smallest absolute Gasteiger partial charge is 0.143 e. The lowest BCUT2D eigenvalue weighted by molar-refractivity contribution is 0.653. The van der Waals surface area contributed by atoms with Crippen molar-refractivity contribution in [3.05, 3.63) is 163 Å². The molecule has 1 aromatic heterocycles. The number of fused-ring (bicyclic) bond motifs is 8. The summed E-state index contributed by atoms with van der Waals surface area (Å²) in [5.74, 6) is 0. The summed E-state index contributed by atoms with van der Waals surface area (Å²) in [7, 11) is 0. The first kappa shape index (κ1) is 25.9. The van der Waals surface area contributed by atoms with Gasteiger partial charge in [-0.1, -0.05) is 135 Å². The second-order valence-corrected chi connectivity index (χ2v) is 12.5. The lowest BCUT2D eigenvalue weighted by Crippen LogP contribution is -2.14.